The number of benzene rings is 2. The zero-order chi connectivity index (χ0) is 19.6. The van der Waals surface area contributed by atoms with E-state index < -0.39 is 5.91 Å². The molecule has 138 valence electrons. The van der Waals surface area contributed by atoms with Crippen LogP contribution >= 0.6 is 46.4 Å². The highest BCUT2D eigenvalue weighted by Gasteiger charge is 2.12. The number of hydrogen-bond donors (Lipinski definition) is 1. The minimum absolute atomic E-state index is 0.219. The number of halogens is 4. The van der Waals surface area contributed by atoms with Gasteiger partial charge in [-0.15, -0.1) is 0 Å². The minimum atomic E-state index is -0.406. The van der Waals surface area contributed by atoms with Crippen molar-refractivity contribution in [2.45, 2.75) is 6.54 Å². The molecular formula is C19H12Cl4N2O2. The number of hydrogen-bond acceptors (Lipinski definition) is 2. The average molecular weight is 442 g/mol. The fourth-order valence-corrected chi connectivity index (χ4v) is 3.25. The van der Waals surface area contributed by atoms with Crippen molar-refractivity contribution < 1.29 is 4.79 Å². The van der Waals surface area contributed by atoms with E-state index in [0.29, 0.717) is 20.8 Å². The molecule has 3 rings (SSSR count). The molecule has 0 saturated carbocycles. The van der Waals surface area contributed by atoms with E-state index in [9.17, 15) is 9.59 Å². The number of carbonyl (C=O) groups excluding carboxylic acids is 1. The van der Waals surface area contributed by atoms with Crippen LogP contribution in [0.4, 0.5) is 5.69 Å². The van der Waals surface area contributed by atoms with Gasteiger partial charge in [0.05, 0.1) is 32.9 Å². The minimum Gasteiger partial charge on any atom is -0.321 e. The van der Waals surface area contributed by atoms with Crippen LogP contribution in [0.5, 0.6) is 0 Å². The molecule has 1 amide bonds. The molecule has 0 aliphatic rings. The molecule has 8 heteroatoms. The molecule has 0 saturated heterocycles. The molecule has 0 fully saturated rings. The summed E-state index contributed by atoms with van der Waals surface area (Å²) in [5, 5.41) is 4.24. The number of amides is 1. The van der Waals surface area contributed by atoms with Gasteiger partial charge in [-0.25, -0.2) is 0 Å². The Balaban J connectivity index is 1.83. The Bertz CT molecular complexity index is 1080. The summed E-state index contributed by atoms with van der Waals surface area (Å²) in [6.07, 6.45) is 1.55. The molecule has 0 aliphatic heterocycles. The van der Waals surface area contributed by atoms with E-state index in [0.717, 1.165) is 5.56 Å². The van der Waals surface area contributed by atoms with Crippen molar-refractivity contribution in [3.8, 4) is 0 Å². The van der Waals surface area contributed by atoms with E-state index >= 15 is 0 Å². The topological polar surface area (TPSA) is 51.1 Å². The van der Waals surface area contributed by atoms with Crippen molar-refractivity contribution in [2.24, 2.45) is 0 Å². The highest BCUT2D eigenvalue weighted by Crippen LogP contribution is 2.24. The summed E-state index contributed by atoms with van der Waals surface area (Å²) in [6, 6.07) is 12.6. The standard InChI is InChI=1S/C19H12Cl4N2O2/c20-12-2-4-14(16(22)8-12)19(27)24-13-3-6-18(26)25(10-13)9-11-1-5-15(21)17(23)7-11/h1-8,10H,9H2,(H,24,27). The summed E-state index contributed by atoms with van der Waals surface area (Å²) in [6.45, 7) is 0.279. The molecule has 0 bridgehead atoms. The fourth-order valence-electron chi connectivity index (χ4n) is 2.44. The van der Waals surface area contributed by atoms with Gasteiger partial charge < -0.3 is 9.88 Å². The smallest absolute Gasteiger partial charge is 0.257 e. The summed E-state index contributed by atoms with van der Waals surface area (Å²) in [7, 11) is 0. The summed E-state index contributed by atoms with van der Waals surface area (Å²) in [5.74, 6) is -0.406. The monoisotopic (exact) mass is 440 g/mol. The largest absolute Gasteiger partial charge is 0.321 e. The first kappa shape index (κ1) is 19.8. The van der Waals surface area contributed by atoms with Crippen molar-refractivity contribution in [1.82, 2.24) is 4.57 Å². The third-order valence-electron chi connectivity index (χ3n) is 3.75. The van der Waals surface area contributed by atoms with Crippen molar-refractivity contribution >= 4 is 58.0 Å². The number of rotatable bonds is 4. The Morgan fingerprint density at radius 2 is 1.67 bits per heavy atom. The van der Waals surface area contributed by atoms with Gasteiger partial charge in [0.2, 0.25) is 0 Å². The molecule has 0 radical (unpaired) electrons. The first-order valence-electron chi connectivity index (χ1n) is 7.74. The molecule has 27 heavy (non-hydrogen) atoms. The van der Waals surface area contributed by atoms with Gasteiger partial charge in [-0.1, -0.05) is 52.5 Å². The molecule has 1 aromatic heterocycles. The highest BCUT2D eigenvalue weighted by molar-refractivity contribution is 6.42. The highest BCUT2D eigenvalue weighted by atomic mass is 35.5. The predicted molar refractivity (Wildman–Crippen MR) is 111 cm³/mol. The predicted octanol–water partition coefficient (Wildman–Crippen LogP) is 5.76. The van der Waals surface area contributed by atoms with Crippen LogP contribution in [-0.4, -0.2) is 10.5 Å². The Morgan fingerprint density at radius 1 is 0.889 bits per heavy atom. The van der Waals surface area contributed by atoms with Crippen LogP contribution in [0.25, 0.3) is 0 Å². The quantitative estimate of drug-likeness (QED) is 0.559. The summed E-state index contributed by atoms with van der Waals surface area (Å²) in [4.78, 5) is 24.6. The van der Waals surface area contributed by atoms with Gasteiger partial charge >= 0.3 is 0 Å². The van der Waals surface area contributed by atoms with Crippen molar-refractivity contribution in [3.05, 3.63) is 96.3 Å². The van der Waals surface area contributed by atoms with E-state index in [4.69, 9.17) is 46.4 Å². The number of anilines is 1. The van der Waals surface area contributed by atoms with Crippen LogP contribution in [0.3, 0.4) is 0 Å². The summed E-state index contributed by atoms with van der Waals surface area (Å²) < 4.78 is 1.46. The number of nitrogens with zero attached hydrogens (tertiary/aromatic N) is 1. The van der Waals surface area contributed by atoms with Gasteiger partial charge in [0.1, 0.15) is 0 Å². The van der Waals surface area contributed by atoms with Crippen molar-refractivity contribution in [2.75, 3.05) is 5.32 Å². The number of aromatic nitrogens is 1. The molecule has 1 N–H and O–H groups in total. The lowest BCUT2D eigenvalue weighted by Crippen LogP contribution is -2.21. The fraction of sp³-hybridized carbons (Fsp3) is 0.0526. The zero-order valence-electron chi connectivity index (χ0n) is 13.7. The van der Waals surface area contributed by atoms with Gasteiger partial charge in [-0.3, -0.25) is 9.59 Å². The number of nitrogens with one attached hydrogen (secondary N) is 1. The van der Waals surface area contributed by atoms with Gasteiger partial charge in [-0.2, -0.15) is 0 Å². The SMILES string of the molecule is O=C(Nc1ccc(=O)n(Cc2ccc(Cl)c(Cl)c2)c1)c1ccc(Cl)cc1Cl. The number of pyridine rings is 1. The van der Waals surface area contributed by atoms with Crippen LogP contribution in [0.2, 0.25) is 20.1 Å². The second-order valence-electron chi connectivity index (χ2n) is 5.71. The Hall–Kier alpha value is -1.98. The first-order valence-corrected chi connectivity index (χ1v) is 9.25. The Labute approximate surface area is 175 Å². The van der Waals surface area contributed by atoms with Gasteiger partial charge in [0, 0.05) is 17.3 Å². The third kappa shape index (κ3) is 4.85. The lowest BCUT2D eigenvalue weighted by Gasteiger charge is -2.11. The van der Waals surface area contributed by atoms with E-state index in [-0.39, 0.29) is 22.7 Å². The maximum absolute atomic E-state index is 12.4. The van der Waals surface area contributed by atoms with Crippen LogP contribution in [0.15, 0.2) is 59.5 Å². The summed E-state index contributed by atoms with van der Waals surface area (Å²) >= 11 is 23.8. The Kier molecular flexibility index (Phi) is 6.12. The van der Waals surface area contributed by atoms with E-state index in [1.165, 1.54) is 28.8 Å². The molecule has 0 spiro atoms. The molecule has 3 aromatic rings. The van der Waals surface area contributed by atoms with Gasteiger partial charge in [-0.05, 0) is 42.0 Å². The van der Waals surface area contributed by atoms with Crippen LogP contribution in [-0.2, 0) is 6.54 Å². The molecule has 2 aromatic carbocycles. The van der Waals surface area contributed by atoms with Crippen molar-refractivity contribution in [1.29, 1.82) is 0 Å². The lowest BCUT2D eigenvalue weighted by atomic mass is 10.2. The van der Waals surface area contributed by atoms with Crippen LogP contribution < -0.4 is 10.9 Å². The molecule has 4 nitrogen and oxygen atoms in total. The Morgan fingerprint density at radius 3 is 2.37 bits per heavy atom. The van der Waals surface area contributed by atoms with Gasteiger partial charge in [0.15, 0.2) is 0 Å². The second-order valence-corrected chi connectivity index (χ2v) is 7.37. The zero-order valence-corrected chi connectivity index (χ0v) is 16.7. The maximum atomic E-state index is 12.4. The van der Waals surface area contributed by atoms with E-state index in [1.807, 2.05) is 0 Å². The van der Waals surface area contributed by atoms with E-state index in [1.54, 1.807) is 30.5 Å². The van der Waals surface area contributed by atoms with E-state index in [2.05, 4.69) is 5.32 Å². The maximum Gasteiger partial charge on any atom is 0.257 e. The molecule has 1 heterocycles. The summed E-state index contributed by atoms with van der Waals surface area (Å²) in [5.41, 5.74) is 1.31. The first-order chi connectivity index (χ1) is 12.8. The van der Waals surface area contributed by atoms with Crippen molar-refractivity contribution in [3.63, 3.8) is 0 Å². The number of carbonyl (C=O) groups is 1. The average Bonchev–Trinajstić information content (AvgIpc) is 2.61. The molecule has 0 aliphatic carbocycles. The molecular weight excluding hydrogens is 430 g/mol. The second kappa shape index (κ2) is 8.36. The molecule has 0 atom stereocenters. The normalized spacial score (nSPS) is 10.7. The molecule has 0 unspecified atom stereocenters. The lowest BCUT2D eigenvalue weighted by molar-refractivity contribution is 0.102. The van der Waals surface area contributed by atoms with Gasteiger partial charge in [0.25, 0.3) is 11.5 Å². The van der Waals surface area contributed by atoms with Crippen LogP contribution in [0, 0.1) is 0 Å². The van der Waals surface area contributed by atoms with Crippen LogP contribution in [0.1, 0.15) is 15.9 Å². The third-order valence-corrected chi connectivity index (χ3v) is 5.04.